The van der Waals surface area contributed by atoms with Crippen LogP contribution in [-0.2, 0) is 14.3 Å². The SMILES string of the molecule is COC(=O)C1=C(C)N=c2s/c(=C/c3ccc(-c4cccc(Br)c4)o3)c(=O)n2[C@@H]1c1ccc(OC(C)=O)c(OC)c1. The minimum absolute atomic E-state index is 0.207. The van der Waals surface area contributed by atoms with Crippen molar-refractivity contribution in [2.45, 2.75) is 19.9 Å². The third-order valence-corrected chi connectivity index (χ3v) is 7.67. The van der Waals surface area contributed by atoms with Crippen molar-refractivity contribution in [2.24, 2.45) is 4.99 Å². The fraction of sp³-hybridized carbons (Fsp3) is 0.172. The number of halogens is 1. The van der Waals surface area contributed by atoms with Crippen LogP contribution in [0.25, 0.3) is 17.4 Å². The number of allylic oxidation sites excluding steroid dienone is 1. The number of methoxy groups -OCH3 is 2. The van der Waals surface area contributed by atoms with Gasteiger partial charge in [0.1, 0.15) is 11.5 Å². The number of nitrogens with zero attached hydrogens (tertiary/aromatic N) is 2. The molecule has 1 aliphatic rings. The van der Waals surface area contributed by atoms with Crippen molar-refractivity contribution < 1.29 is 28.2 Å². The molecule has 0 amide bonds. The summed E-state index contributed by atoms with van der Waals surface area (Å²) in [5.74, 6) is 0.504. The molecule has 0 spiro atoms. The van der Waals surface area contributed by atoms with E-state index in [2.05, 4.69) is 20.9 Å². The van der Waals surface area contributed by atoms with Crippen molar-refractivity contribution >= 4 is 45.3 Å². The van der Waals surface area contributed by atoms with Gasteiger partial charge in [-0.05, 0) is 48.9 Å². The van der Waals surface area contributed by atoms with Gasteiger partial charge < -0.3 is 18.6 Å². The molecule has 0 N–H and O–H groups in total. The second-order valence-electron chi connectivity index (χ2n) is 8.79. The van der Waals surface area contributed by atoms with Gasteiger partial charge in [-0.3, -0.25) is 14.2 Å². The lowest BCUT2D eigenvalue weighted by Crippen LogP contribution is -2.39. The zero-order valence-corrected chi connectivity index (χ0v) is 24.3. The van der Waals surface area contributed by atoms with Crippen LogP contribution in [0.2, 0.25) is 0 Å². The van der Waals surface area contributed by atoms with Gasteiger partial charge >= 0.3 is 11.9 Å². The first-order chi connectivity index (χ1) is 19.2. The van der Waals surface area contributed by atoms with E-state index in [9.17, 15) is 14.4 Å². The summed E-state index contributed by atoms with van der Waals surface area (Å²) in [6.07, 6.45) is 1.66. The van der Waals surface area contributed by atoms with Crippen LogP contribution in [0.5, 0.6) is 11.5 Å². The summed E-state index contributed by atoms with van der Waals surface area (Å²) in [5, 5.41) is 0. The minimum Gasteiger partial charge on any atom is -0.493 e. The third kappa shape index (κ3) is 5.17. The van der Waals surface area contributed by atoms with Crippen molar-refractivity contribution in [1.82, 2.24) is 4.57 Å². The number of fused-ring (bicyclic) bond motifs is 1. The van der Waals surface area contributed by atoms with E-state index in [1.807, 2.05) is 30.3 Å². The van der Waals surface area contributed by atoms with E-state index in [4.69, 9.17) is 18.6 Å². The van der Waals surface area contributed by atoms with Crippen LogP contribution in [-0.4, -0.2) is 30.7 Å². The average Bonchev–Trinajstić information content (AvgIpc) is 3.52. The Morgan fingerprint density at radius 2 is 1.90 bits per heavy atom. The molecule has 2 aromatic carbocycles. The van der Waals surface area contributed by atoms with Gasteiger partial charge in [-0.25, -0.2) is 9.79 Å². The van der Waals surface area contributed by atoms with Crippen molar-refractivity contribution in [3.63, 3.8) is 0 Å². The molecule has 0 saturated heterocycles. The molecule has 3 heterocycles. The Bertz CT molecular complexity index is 1870. The zero-order chi connectivity index (χ0) is 28.6. The summed E-state index contributed by atoms with van der Waals surface area (Å²) in [7, 11) is 2.71. The molecule has 1 aliphatic heterocycles. The number of carbonyl (C=O) groups is 2. The largest absolute Gasteiger partial charge is 0.493 e. The van der Waals surface area contributed by atoms with Crippen LogP contribution < -0.4 is 24.4 Å². The van der Waals surface area contributed by atoms with Gasteiger partial charge in [0.2, 0.25) is 0 Å². The van der Waals surface area contributed by atoms with E-state index in [0.29, 0.717) is 32.1 Å². The smallest absolute Gasteiger partial charge is 0.338 e. The summed E-state index contributed by atoms with van der Waals surface area (Å²) in [6.45, 7) is 2.98. The number of hydrogen-bond acceptors (Lipinski definition) is 9. The number of rotatable bonds is 6. The number of hydrogen-bond donors (Lipinski definition) is 0. The van der Waals surface area contributed by atoms with Gasteiger partial charge in [-0.2, -0.15) is 0 Å². The molecule has 0 radical (unpaired) electrons. The van der Waals surface area contributed by atoms with Gasteiger partial charge in [0.05, 0.1) is 36.1 Å². The molecule has 9 nitrogen and oxygen atoms in total. The van der Waals surface area contributed by atoms with Crippen LogP contribution in [0, 0.1) is 0 Å². The fourth-order valence-electron chi connectivity index (χ4n) is 4.46. The predicted octanol–water partition coefficient (Wildman–Crippen LogP) is 4.36. The molecule has 0 aliphatic carbocycles. The lowest BCUT2D eigenvalue weighted by molar-refractivity contribution is -0.136. The molecule has 204 valence electrons. The molecule has 0 unspecified atom stereocenters. The van der Waals surface area contributed by atoms with Crippen molar-refractivity contribution in [3.05, 3.63) is 101 Å². The molecule has 2 aromatic heterocycles. The molecule has 0 fully saturated rings. The maximum Gasteiger partial charge on any atom is 0.338 e. The Kier molecular flexibility index (Phi) is 7.59. The van der Waals surface area contributed by atoms with Crippen molar-refractivity contribution in [1.29, 1.82) is 0 Å². The molecule has 0 bridgehead atoms. The highest BCUT2D eigenvalue weighted by Crippen LogP contribution is 2.36. The fourth-order valence-corrected chi connectivity index (χ4v) is 5.88. The van der Waals surface area contributed by atoms with E-state index in [1.54, 1.807) is 37.3 Å². The monoisotopic (exact) mass is 622 g/mol. The highest BCUT2D eigenvalue weighted by Gasteiger charge is 2.33. The van der Waals surface area contributed by atoms with Crippen LogP contribution >= 0.6 is 27.3 Å². The normalized spacial score (nSPS) is 14.9. The number of carbonyl (C=O) groups excluding carboxylic acids is 2. The second-order valence-corrected chi connectivity index (χ2v) is 10.7. The Labute approximate surface area is 240 Å². The van der Waals surface area contributed by atoms with Gasteiger partial charge in [0, 0.05) is 23.0 Å². The first-order valence-corrected chi connectivity index (χ1v) is 13.6. The Morgan fingerprint density at radius 1 is 1.10 bits per heavy atom. The third-order valence-electron chi connectivity index (χ3n) is 6.19. The molecule has 4 aromatic rings. The predicted molar refractivity (Wildman–Crippen MR) is 152 cm³/mol. The van der Waals surface area contributed by atoms with Crippen LogP contribution in [0.3, 0.4) is 0 Å². The van der Waals surface area contributed by atoms with Gasteiger partial charge in [0.25, 0.3) is 5.56 Å². The summed E-state index contributed by atoms with van der Waals surface area (Å²) in [5.41, 5.74) is 1.71. The lowest BCUT2D eigenvalue weighted by Gasteiger charge is -2.25. The molecule has 1 atom stereocenters. The van der Waals surface area contributed by atoms with E-state index in [0.717, 1.165) is 10.0 Å². The first kappa shape index (κ1) is 27.4. The Balaban J connectivity index is 1.65. The number of ether oxygens (including phenoxy) is 3. The Morgan fingerprint density at radius 3 is 2.60 bits per heavy atom. The molecular formula is C29H23BrN2O7S. The standard InChI is InChI=1S/C29H23BrN2O7S/c1-15-25(28(35)37-4)26(18-8-10-22(38-16(2)33)23(13-18)36-3)32-27(34)24(40-29(32)31-15)14-20-9-11-21(39-20)17-6-5-7-19(30)12-17/h5-14,26H,1-4H3/b24-14+/t26-/m1/s1. The van der Waals surface area contributed by atoms with E-state index >= 15 is 0 Å². The molecule has 11 heteroatoms. The molecular weight excluding hydrogens is 600 g/mol. The molecule has 0 saturated carbocycles. The topological polar surface area (TPSA) is 109 Å². The zero-order valence-electron chi connectivity index (χ0n) is 21.9. The summed E-state index contributed by atoms with van der Waals surface area (Å²) >= 11 is 4.65. The summed E-state index contributed by atoms with van der Waals surface area (Å²) < 4.78 is 24.5. The van der Waals surface area contributed by atoms with E-state index in [1.165, 1.54) is 37.0 Å². The van der Waals surface area contributed by atoms with Gasteiger partial charge in [0.15, 0.2) is 16.3 Å². The van der Waals surface area contributed by atoms with Crippen LogP contribution in [0.15, 0.2) is 84.5 Å². The van der Waals surface area contributed by atoms with E-state index < -0.39 is 18.0 Å². The average molecular weight is 623 g/mol. The maximum atomic E-state index is 13.8. The number of esters is 2. The molecule has 5 rings (SSSR count). The van der Waals surface area contributed by atoms with Crippen LogP contribution in [0.1, 0.15) is 31.2 Å². The second kappa shape index (κ2) is 11.1. The highest BCUT2D eigenvalue weighted by atomic mass is 79.9. The number of furan rings is 1. The number of thiazole rings is 1. The van der Waals surface area contributed by atoms with Crippen molar-refractivity contribution in [2.75, 3.05) is 14.2 Å². The van der Waals surface area contributed by atoms with Crippen molar-refractivity contribution in [3.8, 4) is 22.8 Å². The highest BCUT2D eigenvalue weighted by molar-refractivity contribution is 9.10. The van der Waals surface area contributed by atoms with Crippen LogP contribution in [0.4, 0.5) is 0 Å². The van der Waals surface area contributed by atoms with Gasteiger partial charge in [-0.15, -0.1) is 0 Å². The number of benzene rings is 2. The van der Waals surface area contributed by atoms with Gasteiger partial charge in [-0.1, -0.05) is 45.5 Å². The maximum absolute atomic E-state index is 13.8. The number of aromatic nitrogens is 1. The first-order valence-electron chi connectivity index (χ1n) is 12.0. The lowest BCUT2D eigenvalue weighted by atomic mass is 9.95. The summed E-state index contributed by atoms with van der Waals surface area (Å²) in [6, 6.07) is 15.3. The van der Waals surface area contributed by atoms with E-state index in [-0.39, 0.29) is 22.6 Å². The quantitative estimate of drug-likeness (QED) is 0.232. The minimum atomic E-state index is -0.861. The Hall–Kier alpha value is -4.22. The summed E-state index contributed by atoms with van der Waals surface area (Å²) in [4.78, 5) is 43.2. The molecule has 40 heavy (non-hydrogen) atoms.